The fourth-order valence-corrected chi connectivity index (χ4v) is 6.84. The Morgan fingerprint density at radius 3 is 2.56 bits per heavy atom. The summed E-state index contributed by atoms with van der Waals surface area (Å²) in [5, 5.41) is 0. The smallest absolute Gasteiger partial charge is 0.264 e. The number of hydrogen-bond donors (Lipinski definition) is 0. The quantitative estimate of drug-likeness (QED) is 0.720. The van der Waals surface area contributed by atoms with Gasteiger partial charge in [-0.15, -0.1) is 0 Å². The van der Waals surface area contributed by atoms with Crippen molar-refractivity contribution < 1.29 is 8.42 Å². The van der Waals surface area contributed by atoms with E-state index in [0.717, 1.165) is 24.1 Å². The van der Waals surface area contributed by atoms with Gasteiger partial charge in [-0.2, -0.15) is 0 Å². The van der Waals surface area contributed by atoms with Crippen molar-refractivity contribution in [3.8, 4) is 0 Å². The SMILES string of the molecule is Cc1ccc(S(=O)(=O)N2CCC3=C4CCCCC4(C)c4cccc2c43)cc1. The number of allylic oxidation sites excluding steroid dienone is 1. The molecule has 0 amide bonds. The summed E-state index contributed by atoms with van der Waals surface area (Å²) in [7, 11) is -3.55. The van der Waals surface area contributed by atoms with Crippen LogP contribution in [0.15, 0.2) is 52.9 Å². The lowest BCUT2D eigenvalue weighted by atomic mass is 9.70. The summed E-state index contributed by atoms with van der Waals surface area (Å²) in [6.07, 6.45) is 5.66. The number of benzene rings is 2. The minimum Gasteiger partial charge on any atom is -0.265 e. The number of rotatable bonds is 2. The number of anilines is 1. The van der Waals surface area contributed by atoms with E-state index in [4.69, 9.17) is 0 Å². The summed E-state index contributed by atoms with van der Waals surface area (Å²) in [5.74, 6) is 0. The molecule has 3 aliphatic rings. The Morgan fingerprint density at radius 1 is 1.00 bits per heavy atom. The first-order valence-corrected chi connectivity index (χ1v) is 11.3. The number of aryl methyl sites for hydroxylation is 1. The van der Waals surface area contributed by atoms with Crippen LogP contribution >= 0.6 is 0 Å². The Kier molecular flexibility index (Phi) is 3.61. The standard InChI is InChI=1S/C23H25NO2S/c1-16-9-11-17(12-10-16)27(25,26)24-15-13-18-19-6-3-4-14-23(19,2)20-7-5-8-21(24)22(18)20/h5,7-12H,3-4,6,13-15H2,1-2H3. The summed E-state index contributed by atoms with van der Waals surface area (Å²) in [4.78, 5) is 0.378. The molecule has 1 aliphatic heterocycles. The molecule has 0 bridgehead atoms. The highest BCUT2D eigenvalue weighted by Gasteiger charge is 2.46. The fourth-order valence-electron chi connectivity index (χ4n) is 5.36. The van der Waals surface area contributed by atoms with Gasteiger partial charge in [-0.3, -0.25) is 4.31 Å². The number of fused-ring (bicyclic) bond motifs is 2. The fraction of sp³-hybridized carbons (Fsp3) is 0.391. The molecule has 2 aliphatic carbocycles. The first-order chi connectivity index (χ1) is 12.9. The average Bonchev–Trinajstić information content (AvgIpc) is 2.93. The predicted octanol–water partition coefficient (Wildman–Crippen LogP) is 5.19. The van der Waals surface area contributed by atoms with Gasteiger partial charge in [0.2, 0.25) is 0 Å². The summed E-state index contributed by atoms with van der Waals surface area (Å²) >= 11 is 0. The molecule has 1 saturated carbocycles. The van der Waals surface area contributed by atoms with Gasteiger partial charge in [0.15, 0.2) is 0 Å². The van der Waals surface area contributed by atoms with Crippen molar-refractivity contribution in [2.45, 2.75) is 56.3 Å². The molecule has 5 rings (SSSR count). The van der Waals surface area contributed by atoms with Gasteiger partial charge in [-0.25, -0.2) is 8.42 Å². The van der Waals surface area contributed by atoms with Gasteiger partial charge < -0.3 is 0 Å². The highest BCUT2D eigenvalue weighted by atomic mass is 32.2. The minimum absolute atomic E-state index is 0.0998. The van der Waals surface area contributed by atoms with Gasteiger partial charge in [0.1, 0.15) is 0 Å². The maximum atomic E-state index is 13.4. The maximum Gasteiger partial charge on any atom is 0.264 e. The molecule has 1 heterocycles. The zero-order valence-electron chi connectivity index (χ0n) is 16.0. The van der Waals surface area contributed by atoms with Crippen molar-refractivity contribution in [3.63, 3.8) is 0 Å². The van der Waals surface area contributed by atoms with Crippen molar-refractivity contribution in [1.82, 2.24) is 0 Å². The van der Waals surface area contributed by atoms with E-state index in [1.54, 1.807) is 22.0 Å². The Morgan fingerprint density at radius 2 is 1.78 bits per heavy atom. The molecular formula is C23H25NO2S. The van der Waals surface area contributed by atoms with E-state index in [9.17, 15) is 8.42 Å². The summed E-state index contributed by atoms with van der Waals surface area (Å²) in [5.41, 5.74) is 7.59. The van der Waals surface area contributed by atoms with Crippen LogP contribution in [-0.2, 0) is 15.4 Å². The van der Waals surface area contributed by atoms with E-state index >= 15 is 0 Å². The first kappa shape index (κ1) is 17.1. The molecular weight excluding hydrogens is 354 g/mol. The van der Waals surface area contributed by atoms with Crippen molar-refractivity contribution in [1.29, 1.82) is 0 Å². The molecule has 4 heteroatoms. The van der Waals surface area contributed by atoms with E-state index < -0.39 is 10.0 Å². The molecule has 140 valence electrons. The molecule has 0 N–H and O–H groups in total. The molecule has 0 saturated heterocycles. The van der Waals surface area contributed by atoms with Crippen LogP contribution in [0.25, 0.3) is 5.57 Å². The normalized spacial score (nSPS) is 24.0. The van der Waals surface area contributed by atoms with Crippen LogP contribution in [0, 0.1) is 6.92 Å². The molecule has 1 atom stereocenters. The first-order valence-electron chi connectivity index (χ1n) is 9.89. The van der Waals surface area contributed by atoms with Crippen LogP contribution in [-0.4, -0.2) is 15.0 Å². The summed E-state index contributed by atoms with van der Waals surface area (Å²) in [6.45, 7) is 4.87. The topological polar surface area (TPSA) is 37.4 Å². The molecule has 0 spiro atoms. The summed E-state index contributed by atoms with van der Waals surface area (Å²) < 4.78 is 28.4. The van der Waals surface area contributed by atoms with E-state index in [2.05, 4.69) is 13.0 Å². The van der Waals surface area contributed by atoms with Gasteiger partial charge >= 0.3 is 0 Å². The monoisotopic (exact) mass is 379 g/mol. The van der Waals surface area contributed by atoms with Gasteiger partial charge in [0.25, 0.3) is 10.0 Å². The Balaban J connectivity index is 1.68. The van der Waals surface area contributed by atoms with Gasteiger partial charge in [-0.1, -0.05) is 48.7 Å². The van der Waals surface area contributed by atoms with E-state index in [1.807, 2.05) is 31.2 Å². The molecule has 1 fully saturated rings. The van der Waals surface area contributed by atoms with Gasteiger partial charge in [0.05, 0.1) is 10.6 Å². The van der Waals surface area contributed by atoms with E-state index in [1.165, 1.54) is 36.0 Å². The lowest BCUT2D eigenvalue weighted by Crippen LogP contribution is -2.35. The van der Waals surface area contributed by atoms with Crippen LogP contribution in [0.5, 0.6) is 0 Å². The minimum atomic E-state index is -3.55. The molecule has 0 radical (unpaired) electrons. The van der Waals surface area contributed by atoms with Crippen LogP contribution in [0.3, 0.4) is 0 Å². The highest BCUT2D eigenvalue weighted by molar-refractivity contribution is 7.92. The molecule has 3 nitrogen and oxygen atoms in total. The third kappa shape index (κ3) is 2.29. The second-order valence-electron chi connectivity index (χ2n) is 8.34. The molecule has 27 heavy (non-hydrogen) atoms. The van der Waals surface area contributed by atoms with E-state index in [0.29, 0.717) is 11.4 Å². The number of nitrogens with zero attached hydrogens (tertiary/aromatic N) is 1. The van der Waals surface area contributed by atoms with Crippen molar-refractivity contribution >= 4 is 21.3 Å². The molecule has 0 aromatic heterocycles. The van der Waals surface area contributed by atoms with Crippen LogP contribution in [0.2, 0.25) is 0 Å². The number of sulfonamides is 1. The van der Waals surface area contributed by atoms with Crippen molar-refractivity contribution in [2.75, 3.05) is 10.8 Å². The number of hydrogen-bond acceptors (Lipinski definition) is 2. The molecule has 2 aromatic carbocycles. The Labute approximate surface area is 161 Å². The third-order valence-electron chi connectivity index (χ3n) is 6.77. The molecule has 1 unspecified atom stereocenters. The van der Waals surface area contributed by atoms with Crippen LogP contribution in [0.1, 0.15) is 55.7 Å². The zero-order chi connectivity index (χ0) is 18.8. The third-order valence-corrected chi connectivity index (χ3v) is 8.59. The summed E-state index contributed by atoms with van der Waals surface area (Å²) in [6, 6.07) is 13.4. The second-order valence-corrected chi connectivity index (χ2v) is 10.2. The second kappa shape index (κ2) is 5.71. The van der Waals surface area contributed by atoms with Crippen LogP contribution < -0.4 is 4.31 Å². The van der Waals surface area contributed by atoms with Crippen LogP contribution in [0.4, 0.5) is 5.69 Å². The lowest BCUT2D eigenvalue weighted by Gasteiger charge is -2.34. The largest absolute Gasteiger partial charge is 0.265 e. The molecule has 2 aromatic rings. The zero-order valence-corrected chi connectivity index (χ0v) is 16.8. The van der Waals surface area contributed by atoms with E-state index in [-0.39, 0.29) is 5.41 Å². The van der Waals surface area contributed by atoms with Crippen molar-refractivity contribution in [2.24, 2.45) is 0 Å². The van der Waals surface area contributed by atoms with Gasteiger partial charge in [0, 0.05) is 17.5 Å². The Hall–Kier alpha value is -2.07. The predicted molar refractivity (Wildman–Crippen MR) is 110 cm³/mol. The average molecular weight is 380 g/mol. The maximum absolute atomic E-state index is 13.4. The lowest BCUT2D eigenvalue weighted by molar-refractivity contribution is 0.422. The highest BCUT2D eigenvalue weighted by Crippen LogP contribution is 2.58. The van der Waals surface area contributed by atoms with Gasteiger partial charge in [-0.05, 0) is 61.9 Å². The Bertz CT molecular complexity index is 1070. The van der Waals surface area contributed by atoms with Crippen molar-refractivity contribution in [3.05, 3.63) is 64.7 Å².